The lowest BCUT2D eigenvalue weighted by molar-refractivity contribution is 0.603. The number of thiophene rings is 1. The second-order valence-corrected chi connectivity index (χ2v) is 7.14. The van der Waals surface area contributed by atoms with Gasteiger partial charge in [-0.15, -0.1) is 11.3 Å². The molecule has 1 atom stereocenters. The maximum atomic E-state index is 6.21. The van der Waals surface area contributed by atoms with Crippen LogP contribution in [0.2, 0.25) is 9.36 Å². The molecule has 0 aliphatic heterocycles. The predicted octanol–water partition coefficient (Wildman–Crippen LogP) is 5.76. The third-order valence-electron chi connectivity index (χ3n) is 3.34. The quantitative estimate of drug-likeness (QED) is 0.736. The van der Waals surface area contributed by atoms with Crippen molar-refractivity contribution in [1.29, 1.82) is 0 Å². The average Bonchev–Trinajstić information content (AvgIpc) is 2.82. The Kier molecular flexibility index (Phi) is 5.50. The van der Waals surface area contributed by atoms with Crippen LogP contribution in [-0.2, 0) is 0 Å². The van der Waals surface area contributed by atoms with E-state index in [1.807, 2.05) is 19.1 Å². The van der Waals surface area contributed by atoms with Crippen LogP contribution in [0.1, 0.15) is 41.0 Å². The fraction of sp³-hybridized carbons (Fsp3) is 0.375. The minimum atomic E-state index is 0.184. The minimum Gasteiger partial charge on any atom is -0.306 e. The van der Waals surface area contributed by atoms with Gasteiger partial charge in [-0.25, -0.2) is 0 Å². The molecule has 0 aliphatic carbocycles. The maximum Gasteiger partial charge on any atom is 0.0931 e. The van der Waals surface area contributed by atoms with Gasteiger partial charge in [0.25, 0.3) is 0 Å². The lowest BCUT2D eigenvalue weighted by Crippen LogP contribution is -2.23. The minimum absolute atomic E-state index is 0.184. The number of hydrogen-bond acceptors (Lipinski definition) is 2. The van der Waals surface area contributed by atoms with Crippen LogP contribution in [0.4, 0.5) is 0 Å². The second kappa shape index (κ2) is 6.95. The molecule has 1 aromatic heterocycles. The van der Waals surface area contributed by atoms with Gasteiger partial charge in [0.05, 0.1) is 10.4 Å². The zero-order chi connectivity index (χ0) is 14.7. The van der Waals surface area contributed by atoms with E-state index in [2.05, 4.69) is 31.3 Å². The van der Waals surface area contributed by atoms with Crippen LogP contribution in [0.5, 0.6) is 0 Å². The average molecular weight is 328 g/mol. The molecule has 1 aromatic carbocycles. The van der Waals surface area contributed by atoms with Gasteiger partial charge in [-0.1, -0.05) is 36.2 Å². The molecule has 0 spiro atoms. The summed E-state index contributed by atoms with van der Waals surface area (Å²) in [4.78, 5) is 1.24. The summed E-state index contributed by atoms with van der Waals surface area (Å²) in [5.41, 5.74) is 3.59. The van der Waals surface area contributed by atoms with Crippen LogP contribution in [0.15, 0.2) is 24.3 Å². The Morgan fingerprint density at radius 2 is 1.90 bits per heavy atom. The first-order chi connectivity index (χ1) is 9.52. The van der Waals surface area contributed by atoms with Crippen molar-refractivity contribution in [3.8, 4) is 0 Å². The third kappa shape index (κ3) is 3.56. The van der Waals surface area contributed by atoms with Crippen LogP contribution in [-0.4, -0.2) is 6.54 Å². The number of nitrogens with one attached hydrogen (secondary N) is 1. The summed E-state index contributed by atoms with van der Waals surface area (Å²) >= 11 is 13.9. The van der Waals surface area contributed by atoms with Crippen molar-refractivity contribution in [3.05, 3.63) is 55.2 Å². The van der Waals surface area contributed by atoms with E-state index in [0.717, 1.165) is 27.9 Å². The summed E-state index contributed by atoms with van der Waals surface area (Å²) in [5.74, 6) is 0. The molecule has 1 N–H and O–H groups in total. The van der Waals surface area contributed by atoms with Gasteiger partial charge in [-0.3, -0.25) is 0 Å². The van der Waals surface area contributed by atoms with E-state index < -0.39 is 0 Å². The second-order valence-electron chi connectivity index (χ2n) is 4.99. The van der Waals surface area contributed by atoms with E-state index in [0.29, 0.717) is 0 Å². The predicted molar refractivity (Wildman–Crippen MR) is 90.4 cm³/mol. The zero-order valence-electron chi connectivity index (χ0n) is 12.0. The van der Waals surface area contributed by atoms with Crippen molar-refractivity contribution < 1.29 is 0 Å². The molecular formula is C16H19Cl2NS. The molecule has 1 unspecified atom stereocenters. The summed E-state index contributed by atoms with van der Waals surface area (Å²) in [5, 5.41) is 4.44. The monoisotopic (exact) mass is 327 g/mol. The van der Waals surface area contributed by atoms with Gasteiger partial charge in [0.15, 0.2) is 0 Å². The van der Waals surface area contributed by atoms with Gasteiger partial charge in [0, 0.05) is 9.90 Å². The summed E-state index contributed by atoms with van der Waals surface area (Å²) in [6, 6.07) is 8.47. The van der Waals surface area contributed by atoms with Crippen molar-refractivity contribution >= 4 is 34.5 Å². The normalized spacial score (nSPS) is 12.7. The van der Waals surface area contributed by atoms with Crippen LogP contribution in [0.3, 0.4) is 0 Å². The van der Waals surface area contributed by atoms with Gasteiger partial charge in [0.2, 0.25) is 0 Å². The van der Waals surface area contributed by atoms with Crippen LogP contribution in [0.25, 0.3) is 0 Å². The topological polar surface area (TPSA) is 12.0 Å². The van der Waals surface area contributed by atoms with Crippen LogP contribution >= 0.6 is 34.5 Å². The molecule has 0 bridgehead atoms. The molecule has 4 heteroatoms. The Balaban J connectivity index is 2.43. The van der Waals surface area contributed by atoms with E-state index in [1.165, 1.54) is 16.0 Å². The summed E-state index contributed by atoms with van der Waals surface area (Å²) in [7, 11) is 0. The molecule has 0 fully saturated rings. The first-order valence-electron chi connectivity index (χ1n) is 6.78. The Bertz CT molecular complexity index is 592. The Morgan fingerprint density at radius 3 is 2.50 bits per heavy atom. The smallest absolute Gasteiger partial charge is 0.0931 e. The number of aryl methyl sites for hydroxylation is 2. The van der Waals surface area contributed by atoms with Gasteiger partial charge in [-0.2, -0.15) is 0 Å². The highest BCUT2D eigenvalue weighted by molar-refractivity contribution is 7.16. The molecule has 20 heavy (non-hydrogen) atoms. The first kappa shape index (κ1) is 15.8. The molecule has 1 nitrogen and oxygen atoms in total. The van der Waals surface area contributed by atoms with E-state index >= 15 is 0 Å². The molecular weight excluding hydrogens is 309 g/mol. The Hall–Kier alpha value is -0.540. The van der Waals surface area contributed by atoms with E-state index in [9.17, 15) is 0 Å². The fourth-order valence-corrected chi connectivity index (χ4v) is 3.62. The Morgan fingerprint density at radius 1 is 1.15 bits per heavy atom. The fourth-order valence-electron chi connectivity index (χ4n) is 2.25. The Labute approximate surface area is 134 Å². The number of rotatable bonds is 5. The van der Waals surface area contributed by atoms with E-state index in [-0.39, 0.29) is 6.04 Å². The molecule has 108 valence electrons. The van der Waals surface area contributed by atoms with Crippen molar-refractivity contribution in [3.63, 3.8) is 0 Å². The van der Waals surface area contributed by atoms with Gasteiger partial charge >= 0.3 is 0 Å². The molecule has 0 radical (unpaired) electrons. The van der Waals surface area contributed by atoms with Gasteiger partial charge < -0.3 is 5.32 Å². The molecule has 2 rings (SSSR count). The lowest BCUT2D eigenvalue weighted by atomic mass is 9.97. The van der Waals surface area contributed by atoms with Crippen molar-refractivity contribution in [2.45, 2.75) is 33.2 Å². The SMILES string of the molecule is CCCNC(c1ccc(Cl)s1)c1cc(C)c(Cl)cc1C. The highest BCUT2D eigenvalue weighted by Gasteiger charge is 2.18. The molecule has 0 saturated heterocycles. The van der Waals surface area contributed by atoms with Crippen molar-refractivity contribution in [2.24, 2.45) is 0 Å². The molecule has 2 aromatic rings. The highest BCUT2D eigenvalue weighted by atomic mass is 35.5. The van der Waals surface area contributed by atoms with Crippen LogP contribution < -0.4 is 5.32 Å². The molecule has 0 amide bonds. The lowest BCUT2D eigenvalue weighted by Gasteiger charge is -2.21. The summed E-state index contributed by atoms with van der Waals surface area (Å²) in [6.07, 6.45) is 1.10. The standard InChI is InChI=1S/C16H19Cl2NS/c1-4-7-19-16(14-5-6-15(18)20-14)12-8-11(3)13(17)9-10(12)2/h5-6,8-9,16,19H,4,7H2,1-3H3. The largest absolute Gasteiger partial charge is 0.306 e. The zero-order valence-corrected chi connectivity index (χ0v) is 14.3. The molecule has 0 aliphatic rings. The van der Waals surface area contributed by atoms with Crippen molar-refractivity contribution in [1.82, 2.24) is 5.32 Å². The van der Waals surface area contributed by atoms with E-state index in [1.54, 1.807) is 11.3 Å². The highest BCUT2D eigenvalue weighted by Crippen LogP contribution is 2.34. The van der Waals surface area contributed by atoms with Gasteiger partial charge in [0.1, 0.15) is 0 Å². The van der Waals surface area contributed by atoms with Gasteiger partial charge in [-0.05, 0) is 61.7 Å². The maximum absolute atomic E-state index is 6.21. The van der Waals surface area contributed by atoms with E-state index in [4.69, 9.17) is 23.2 Å². The third-order valence-corrected chi connectivity index (χ3v) is 5.04. The molecule has 1 heterocycles. The summed E-state index contributed by atoms with van der Waals surface area (Å²) < 4.78 is 0.826. The number of halogens is 2. The van der Waals surface area contributed by atoms with Crippen molar-refractivity contribution in [2.75, 3.05) is 6.54 Å². The summed E-state index contributed by atoms with van der Waals surface area (Å²) in [6.45, 7) is 7.30. The molecule has 0 saturated carbocycles. The number of benzene rings is 1. The first-order valence-corrected chi connectivity index (χ1v) is 8.35. The number of hydrogen-bond donors (Lipinski definition) is 1. The van der Waals surface area contributed by atoms with Crippen LogP contribution in [0, 0.1) is 13.8 Å².